The minimum atomic E-state index is -0.869. The van der Waals surface area contributed by atoms with E-state index in [2.05, 4.69) is 33.2 Å². The van der Waals surface area contributed by atoms with E-state index < -0.39 is 5.97 Å². The summed E-state index contributed by atoms with van der Waals surface area (Å²) in [7, 11) is 1.58. The van der Waals surface area contributed by atoms with E-state index in [4.69, 9.17) is 9.84 Å². The predicted molar refractivity (Wildman–Crippen MR) is 79.6 cm³/mol. The molecule has 3 N–H and O–H groups in total. The summed E-state index contributed by atoms with van der Waals surface area (Å²) in [6.07, 6.45) is 0.447. The fraction of sp³-hybridized carbons (Fsp3) is 0.333. The van der Waals surface area contributed by atoms with Gasteiger partial charge in [-0.15, -0.1) is 0 Å². The molecular formula is C12H15IN2O4. The van der Waals surface area contributed by atoms with Gasteiger partial charge in [0.25, 0.3) is 0 Å². The number of urea groups is 1. The quantitative estimate of drug-likeness (QED) is 0.524. The van der Waals surface area contributed by atoms with Crippen LogP contribution in [0.25, 0.3) is 0 Å². The highest BCUT2D eigenvalue weighted by molar-refractivity contribution is 14.1. The number of aliphatic carboxylic acids is 1. The summed E-state index contributed by atoms with van der Waals surface area (Å²) < 4.78 is 5.93. The third-order valence-corrected chi connectivity index (χ3v) is 3.17. The van der Waals surface area contributed by atoms with E-state index in [1.807, 2.05) is 0 Å². The van der Waals surface area contributed by atoms with Crippen LogP contribution < -0.4 is 15.4 Å². The minimum absolute atomic E-state index is 0.0420. The molecule has 0 spiro atoms. The lowest BCUT2D eigenvalue weighted by molar-refractivity contribution is -0.137. The Morgan fingerprint density at radius 1 is 1.42 bits per heavy atom. The van der Waals surface area contributed by atoms with Gasteiger partial charge in [-0.25, -0.2) is 4.79 Å². The maximum Gasteiger partial charge on any atom is 0.319 e. The molecule has 0 bridgehead atoms. The van der Waals surface area contributed by atoms with Crippen LogP contribution in [0.2, 0.25) is 0 Å². The van der Waals surface area contributed by atoms with Gasteiger partial charge in [0.15, 0.2) is 0 Å². The molecule has 7 heteroatoms. The van der Waals surface area contributed by atoms with Crippen molar-refractivity contribution in [2.45, 2.75) is 12.8 Å². The summed E-state index contributed by atoms with van der Waals surface area (Å²) >= 11 is 2.10. The Kier molecular flexibility index (Phi) is 6.40. The molecule has 0 radical (unpaired) electrons. The highest BCUT2D eigenvalue weighted by atomic mass is 127. The Hall–Kier alpha value is -1.51. The molecule has 1 aromatic carbocycles. The number of methoxy groups -OCH3 is 1. The average molecular weight is 378 g/mol. The van der Waals surface area contributed by atoms with E-state index in [9.17, 15) is 9.59 Å². The summed E-state index contributed by atoms with van der Waals surface area (Å²) in [4.78, 5) is 21.9. The molecule has 0 aliphatic heterocycles. The molecule has 6 nitrogen and oxygen atoms in total. The number of carbonyl (C=O) groups excluding carboxylic acids is 1. The second-order valence-corrected chi connectivity index (χ2v) is 4.89. The molecule has 0 aliphatic rings. The highest BCUT2D eigenvalue weighted by Crippen LogP contribution is 2.23. The summed E-state index contributed by atoms with van der Waals surface area (Å²) in [5.74, 6) is -0.149. The van der Waals surface area contributed by atoms with Crippen molar-refractivity contribution in [3.63, 3.8) is 0 Å². The second-order valence-electron chi connectivity index (χ2n) is 3.72. The van der Waals surface area contributed by atoms with Gasteiger partial charge in [-0.05, 0) is 47.2 Å². The van der Waals surface area contributed by atoms with Crippen molar-refractivity contribution < 1.29 is 19.4 Å². The standard InChI is InChI=1S/C12H15IN2O4/c1-19-8-4-5-10(9(13)7-8)15-12(18)14-6-2-3-11(16)17/h4-5,7H,2-3,6H2,1H3,(H,16,17)(H2,14,15,18). The number of anilines is 1. The van der Waals surface area contributed by atoms with Crippen molar-refractivity contribution in [2.75, 3.05) is 19.0 Å². The van der Waals surface area contributed by atoms with Gasteiger partial charge in [0.2, 0.25) is 0 Å². The van der Waals surface area contributed by atoms with Crippen molar-refractivity contribution in [1.82, 2.24) is 5.32 Å². The zero-order valence-electron chi connectivity index (χ0n) is 10.4. The molecule has 0 aromatic heterocycles. The smallest absolute Gasteiger partial charge is 0.319 e. The first-order valence-corrected chi connectivity index (χ1v) is 6.71. The van der Waals surface area contributed by atoms with Crippen LogP contribution in [0, 0.1) is 3.57 Å². The SMILES string of the molecule is COc1ccc(NC(=O)NCCCC(=O)O)c(I)c1. The van der Waals surface area contributed by atoms with E-state index in [1.54, 1.807) is 25.3 Å². The van der Waals surface area contributed by atoms with Crippen LogP contribution >= 0.6 is 22.6 Å². The van der Waals surface area contributed by atoms with Gasteiger partial charge in [-0.1, -0.05) is 0 Å². The number of rotatable bonds is 6. The molecule has 1 rings (SSSR count). The lowest BCUT2D eigenvalue weighted by Crippen LogP contribution is -2.30. The minimum Gasteiger partial charge on any atom is -0.497 e. The van der Waals surface area contributed by atoms with Gasteiger partial charge >= 0.3 is 12.0 Å². The van der Waals surface area contributed by atoms with Crippen LogP contribution in [-0.2, 0) is 4.79 Å². The summed E-state index contributed by atoms with van der Waals surface area (Å²) in [5.41, 5.74) is 0.678. The Labute approximate surface area is 124 Å². The number of carboxylic acids is 1. The first-order valence-electron chi connectivity index (χ1n) is 5.63. The highest BCUT2D eigenvalue weighted by Gasteiger charge is 2.06. The molecule has 104 valence electrons. The lowest BCUT2D eigenvalue weighted by Gasteiger charge is -2.10. The number of carboxylic acid groups (broad SMARTS) is 1. The van der Waals surface area contributed by atoms with Crippen LogP contribution in [0.4, 0.5) is 10.5 Å². The zero-order chi connectivity index (χ0) is 14.3. The molecule has 0 saturated heterocycles. The van der Waals surface area contributed by atoms with E-state index in [-0.39, 0.29) is 12.5 Å². The Morgan fingerprint density at radius 3 is 2.74 bits per heavy atom. The Morgan fingerprint density at radius 2 is 2.16 bits per heavy atom. The molecule has 0 unspecified atom stereocenters. The largest absolute Gasteiger partial charge is 0.497 e. The van der Waals surface area contributed by atoms with Crippen molar-refractivity contribution in [3.05, 3.63) is 21.8 Å². The van der Waals surface area contributed by atoms with Gasteiger partial charge in [0.1, 0.15) is 5.75 Å². The molecule has 0 fully saturated rings. The molecule has 19 heavy (non-hydrogen) atoms. The molecule has 0 atom stereocenters. The zero-order valence-corrected chi connectivity index (χ0v) is 12.6. The van der Waals surface area contributed by atoms with Gasteiger partial charge in [-0.2, -0.15) is 0 Å². The monoisotopic (exact) mass is 378 g/mol. The topological polar surface area (TPSA) is 87.7 Å². The van der Waals surface area contributed by atoms with Gasteiger partial charge in [0.05, 0.1) is 12.8 Å². The van der Waals surface area contributed by atoms with Crippen molar-refractivity contribution in [1.29, 1.82) is 0 Å². The second kappa shape index (κ2) is 7.82. The lowest BCUT2D eigenvalue weighted by atomic mass is 10.3. The average Bonchev–Trinajstić information content (AvgIpc) is 2.37. The molecule has 0 aliphatic carbocycles. The van der Waals surface area contributed by atoms with Crippen molar-refractivity contribution >= 4 is 40.3 Å². The Balaban J connectivity index is 2.42. The number of halogens is 1. The maximum absolute atomic E-state index is 11.6. The molecule has 0 heterocycles. The van der Waals surface area contributed by atoms with E-state index in [1.165, 1.54) is 0 Å². The van der Waals surface area contributed by atoms with E-state index >= 15 is 0 Å². The molecule has 2 amide bonds. The molecule has 0 saturated carbocycles. The van der Waals surface area contributed by atoms with E-state index in [0.717, 1.165) is 9.32 Å². The fourth-order valence-corrected chi connectivity index (χ4v) is 1.95. The molecule has 1 aromatic rings. The normalized spacial score (nSPS) is 9.79. The van der Waals surface area contributed by atoms with E-state index in [0.29, 0.717) is 18.7 Å². The first-order chi connectivity index (χ1) is 9.02. The first kappa shape index (κ1) is 15.5. The fourth-order valence-electron chi connectivity index (χ4n) is 1.33. The van der Waals surface area contributed by atoms with Crippen molar-refractivity contribution in [3.8, 4) is 5.75 Å². The number of hydrogen-bond acceptors (Lipinski definition) is 3. The number of carbonyl (C=O) groups is 2. The molecular weight excluding hydrogens is 363 g/mol. The number of hydrogen-bond donors (Lipinski definition) is 3. The van der Waals surface area contributed by atoms with Gasteiger partial charge in [0, 0.05) is 16.5 Å². The third-order valence-electron chi connectivity index (χ3n) is 2.28. The van der Waals surface area contributed by atoms with Crippen LogP contribution in [0.5, 0.6) is 5.75 Å². The van der Waals surface area contributed by atoms with Crippen LogP contribution in [0.1, 0.15) is 12.8 Å². The predicted octanol–water partition coefficient (Wildman–Crippen LogP) is 2.29. The summed E-state index contributed by atoms with van der Waals surface area (Å²) in [6, 6.07) is 4.95. The van der Waals surface area contributed by atoms with Gasteiger partial charge in [-0.3, -0.25) is 4.79 Å². The summed E-state index contributed by atoms with van der Waals surface area (Å²) in [6.45, 7) is 0.324. The Bertz CT molecular complexity index is 465. The third kappa shape index (κ3) is 5.77. The van der Waals surface area contributed by atoms with Crippen LogP contribution in [0.15, 0.2) is 18.2 Å². The number of amides is 2. The number of nitrogens with one attached hydrogen (secondary N) is 2. The van der Waals surface area contributed by atoms with Gasteiger partial charge < -0.3 is 20.5 Å². The van der Waals surface area contributed by atoms with Crippen LogP contribution in [0.3, 0.4) is 0 Å². The van der Waals surface area contributed by atoms with Crippen LogP contribution in [-0.4, -0.2) is 30.8 Å². The maximum atomic E-state index is 11.6. The number of ether oxygens (including phenoxy) is 1. The summed E-state index contributed by atoms with van der Waals surface area (Å²) in [5, 5.41) is 13.7. The van der Waals surface area contributed by atoms with Crippen molar-refractivity contribution in [2.24, 2.45) is 0 Å². The number of benzene rings is 1.